The average Bonchev–Trinajstić information content (AvgIpc) is 3.69. The fourth-order valence-electron chi connectivity index (χ4n) is 5.97. The Labute approximate surface area is 377 Å². The lowest BCUT2D eigenvalue weighted by molar-refractivity contribution is 0.163. The molecular weight excluding hydrogens is 970 g/mol. The number of carbonyl (C=O) groups is 1. The van der Waals surface area contributed by atoms with Crippen LogP contribution in [0.2, 0.25) is 18.1 Å². The maximum absolute atomic E-state index is 15.6. The van der Waals surface area contributed by atoms with E-state index in [9.17, 15) is 18.3 Å². The Bertz CT molecular complexity index is 2490. The molecule has 0 bridgehead atoms. The summed E-state index contributed by atoms with van der Waals surface area (Å²) in [7, 11) is -7.49. The zero-order valence-electron chi connectivity index (χ0n) is 35.7. The van der Waals surface area contributed by atoms with Gasteiger partial charge in [-0.05, 0) is 111 Å². The summed E-state index contributed by atoms with van der Waals surface area (Å²) in [5.74, 6) is 1.66. The fourth-order valence-corrected chi connectivity index (χ4v) is 11.7. The summed E-state index contributed by atoms with van der Waals surface area (Å²) in [6.45, 7) is 9.13. The van der Waals surface area contributed by atoms with Crippen LogP contribution in [0.1, 0.15) is 37.5 Å². The first-order valence-corrected chi connectivity index (χ1v) is 26.2. The summed E-state index contributed by atoms with van der Waals surface area (Å²) < 4.78 is 87.0. The molecule has 4 aromatic carbocycles. The average molecular weight is 1020 g/mol. The molecule has 62 heavy (non-hydrogen) atoms. The first-order chi connectivity index (χ1) is 29.2. The Morgan fingerprint density at radius 3 is 1.77 bits per heavy atom. The minimum absolute atomic E-state index is 0.0782. The van der Waals surface area contributed by atoms with Crippen LogP contribution in [-0.2, 0) is 44.1 Å². The maximum Gasteiger partial charge on any atom is 0.404 e. The van der Waals surface area contributed by atoms with Crippen molar-refractivity contribution in [2.75, 3.05) is 34.4 Å². The monoisotopic (exact) mass is 1020 g/mol. The van der Waals surface area contributed by atoms with Crippen LogP contribution in [-0.4, -0.2) is 101 Å². The number of rotatable bonds is 20. The number of hydrogen-bond acceptors (Lipinski definition) is 12. The van der Waals surface area contributed by atoms with E-state index in [0.717, 1.165) is 5.56 Å². The van der Waals surface area contributed by atoms with Crippen LogP contribution < -0.4 is 24.2 Å². The SMILES string of the molecule is COc1ccc(CN(Cc2ccc(OC)cc2)S(=O)(=O)c2c(S(=O)(=O)NCC(CNC(=O)O)O[Si](C)(C)C(C)(C)C)ccc(I)c2-c2nnn(Cc3ccc(OC)cc3)n2)cc1. The van der Waals surface area contributed by atoms with Crippen LogP contribution in [0.4, 0.5) is 4.79 Å². The van der Waals surface area contributed by atoms with Gasteiger partial charge in [0, 0.05) is 29.7 Å². The van der Waals surface area contributed by atoms with Crippen LogP contribution in [0.3, 0.4) is 0 Å². The number of nitrogens with zero attached hydrogens (tertiary/aromatic N) is 5. The van der Waals surface area contributed by atoms with E-state index >= 15 is 8.42 Å². The number of nitrogens with one attached hydrogen (secondary N) is 2. The van der Waals surface area contributed by atoms with Crippen molar-refractivity contribution in [1.82, 2.24) is 34.6 Å². The van der Waals surface area contributed by atoms with Gasteiger partial charge in [-0.25, -0.2) is 26.4 Å². The normalized spacial score (nSPS) is 12.9. The van der Waals surface area contributed by atoms with E-state index in [1.165, 1.54) is 35.5 Å². The van der Waals surface area contributed by atoms with E-state index < -0.39 is 50.4 Å². The van der Waals surface area contributed by atoms with Crippen molar-refractivity contribution in [3.63, 3.8) is 0 Å². The highest BCUT2D eigenvalue weighted by Gasteiger charge is 2.41. The zero-order valence-corrected chi connectivity index (χ0v) is 40.5. The van der Waals surface area contributed by atoms with Crippen molar-refractivity contribution in [3.8, 4) is 28.6 Å². The van der Waals surface area contributed by atoms with Gasteiger partial charge in [-0.1, -0.05) is 57.2 Å². The number of halogens is 1. The highest BCUT2D eigenvalue weighted by molar-refractivity contribution is 14.1. The van der Waals surface area contributed by atoms with Gasteiger partial charge in [0.1, 0.15) is 27.0 Å². The number of aromatic nitrogens is 4. The molecule has 0 fully saturated rings. The summed E-state index contributed by atoms with van der Waals surface area (Å²) >= 11 is 1.94. The second kappa shape index (κ2) is 20.2. The molecule has 5 rings (SSSR count). The summed E-state index contributed by atoms with van der Waals surface area (Å²) in [4.78, 5) is 11.7. The predicted molar refractivity (Wildman–Crippen MR) is 244 cm³/mol. The van der Waals surface area contributed by atoms with Crippen LogP contribution in [0.25, 0.3) is 11.4 Å². The van der Waals surface area contributed by atoms with Crippen molar-refractivity contribution in [2.45, 2.75) is 74.4 Å². The largest absolute Gasteiger partial charge is 0.497 e. The van der Waals surface area contributed by atoms with Gasteiger partial charge in [0.15, 0.2) is 8.32 Å². The molecule has 1 amide bonds. The number of benzene rings is 4. The third-order valence-corrected chi connectivity index (χ3v) is 19.3. The molecule has 1 heterocycles. The molecule has 1 atom stereocenters. The van der Waals surface area contributed by atoms with Gasteiger partial charge in [-0.2, -0.15) is 9.10 Å². The van der Waals surface area contributed by atoms with E-state index in [4.69, 9.17) is 18.6 Å². The van der Waals surface area contributed by atoms with Crippen LogP contribution in [0, 0.1) is 3.57 Å². The van der Waals surface area contributed by atoms with Crippen molar-refractivity contribution >= 4 is 57.0 Å². The van der Waals surface area contributed by atoms with E-state index in [1.807, 2.05) is 68.6 Å². The zero-order chi connectivity index (χ0) is 45.5. The Balaban J connectivity index is 1.67. The number of sulfonamides is 2. The Morgan fingerprint density at radius 1 is 0.806 bits per heavy atom. The number of hydrogen-bond donors (Lipinski definition) is 3. The number of carboxylic acid groups (broad SMARTS) is 1. The maximum atomic E-state index is 15.6. The van der Waals surface area contributed by atoms with Crippen LogP contribution in [0.5, 0.6) is 17.2 Å². The van der Waals surface area contributed by atoms with Gasteiger partial charge in [-0.3, -0.25) is 0 Å². The number of amides is 1. The van der Waals surface area contributed by atoms with Crippen LogP contribution in [0.15, 0.2) is 94.7 Å². The summed E-state index contributed by atoms with van der Waals surface area (Å²) in [6.07, 6.45) is -2.25. The smallest absolute Gasteiger partial charge is 0.404 e. The molecular formula is C41H52IN7O10S2Si. The second-order valence-electron chi connectivity index (χ2n) is 15.7. The van der Waals surface area contributed by atoms with Crippen molar-refractivity contribution < 1.29 is 45.4 Å². The van der Waals surface area contributed by atoms with Gasteiger partial charge < -0.3 is 29.1 Å². The molecule has 1 aromatic heterocycles. The van der Waals surface area contributed by atoms with E-state index in [0.29, 0.717) is 31.9 Å². The molecule has 0 saturated heterocycles. The lowest BCUT2D eigenvalue weighted by Gasteiger charge is -2.39. The summed E-state index contributed by atoms with van der Waals surface area (Å²) in [5.41, 5.74) is 1.91. The molecule has 17 nitrogen and oxygen atoms in total. The van der Waals surface area contributed by atoms with E-state index in [2.05, 4.69) is 25.4 Å². The third-order valence-electron chi connectivity index (χ3n) is 10.4. The Kier molecular flexibility index (Phi) is 15.8. The van der Waals surface area contributed by atoms with Gasteiger partial charge in [0.25, 0.3) is 0 Å². The molecule has 0 saturated carbocycles. The minimum Gasteiger partial charge on any atom is -0.497 e. The third kappa shape index (κ3) is 12.1. The van der Waals surface area contributed by atoms with Crippen molar-refractivity contribution in [1.29, 1.82) is 0 Å². The number of tetrazole rings is 1. The topological polar surface area (TPSA) is 213 Å². The predicted octanol–water partition coefficient (Wildman–Crippen LogP) is 6.35. The molecule has 21 heteroatoms. The lowest BCUT2D eigenvalue weighted by Crippen LogP contribution is -2.50. The molecule has 0 aliphatic rings. The molecule has 0 radical (unpaired) electrons. The van der Waals surface area contributed by atoms with Gasteiger partial charge >= 0.3 is 6.09 Å². The van der Waals surface area contributed by atoms with E-state index in [-0.39, 0.29) is 49.1 Å². The Hall–Kier alpha value is -4.65. The second-order valence-corrected chi connectivity index (χ2v) is 25.3. The highest BCUT2D eigenvalue weighted by atomic mass is 127. The number of ether oxygens (including phenoxy) is 3. The summed E-state index contributed by atoms with van der Waals surface area (Å²) in [5, 5.41) is 24.5. The standard InChI is InChI=1S/C41H52IN7O10S2Si/c1-41(2,3)62(7,8)59-34(23-43-40(50)51)24-44-60(52,53)36-22-21-35(42)37(39-45-47-49(46-39)27-30-13-19-33(58-6)20-14-30)38(36)61(54,55)48(25-28-9-15-31(56-4)16-10-28)26-29-11-17-32(57-5)18-12-29/h9-22,34,43-44H,23-27H2,1-8H3,(H,50,51). The van der Waals surface area contributed by atoms with E-state index in [1.54, 1.807) is 67.8 Å². The molecule has 3 N–H and O–H groups in total. The quantitative estimate of drug-likeness (QED) is 0.0574. The molecule has 0 aliphatic heterocycles. The highest BCUT2D eigenvalue weighted by Crippen LogP contribution is 2.39. The van der Waals surface area contributed by atoms with Gasteiger partial charge in [-0.15, -0.1) is 10.2 Å². The first kappa shape index (κ1) is 48.4. The summed E-state index contributed by atoms with van der Waals surface area (Å²) in [6, 6.07) is 23.6. The Morgan fingerprint density at radius 2 is 1.31 bits per heavy atom. The van der Waals surface area contributed by atoms with Gasteiger partial charge in [0.2, 0.25) is 25.9 Å². The number of methoxy groups -OCH3 is 3. The van der Waals surface area contributed by atoms with Crippen molar-refractivity contribution in [3.05, 3.63) is 105 Å². The minimum atomic E-state index is -4.81. The molecule has 0 spiro atoms. The molecule has 5 aromatic rings. The van der Waals surface area contributed by atoms with Gasteiger partial charge in [0.05, 0.1) is 39.5 Å². The van der Waals surface area contributed by atoms with Crippen molar-refractivity contribution in [2.24, 2.45) is 0 Å². The molecule has 0 aliphatic carbocycles. The molecule has 334 valence electrons. The molecule has 1 unspecified atom stereocenters. The fraction of sp³-hybridized carbons (Fsp3) is 0.366. The first-order valence-electron chi connectivity index (χ1n) is 19.3. The lowest BCUT2D eigenvalue weighted by atomic mass is 10.2. The van der Waals surface area contributed by atoms with Crippen LogP contribution >= 0.6 is 22.6 Å².